The van der Waals surface area contributed by atoms with E-state index < -0.39 is 29.2 Å². The van der Waals surface area contributed by atoms with Crippen LogP contribution in [0.1, 0.15) is 47.1 Å². The van der Waals surface area contributed by atoms with Crippen LogP contribution in [-0.4, -0.2) is 35.0 Å². The molecule has 0 saturated carbocycles. The van der Waals surface area contributed by atoms with Crippen molar-refractivity contribution < 1.29 is 28.7 Å². The lowest BCUT2D eigenvalue weighted by atomic mass is 10.1. The number of alkyl carbamates (subject to hydrolysis) is 1. The maximum Gasteiger partial charge on any atom is 0.408 e. The molecular weight excluding hydrogens is 366 g/mol. The second kappa shape index (κ2) is 9.20. The van der Waals surface area contributed by atoms with Crippen molar-refractivity contribution in [3.8, 4) is 5.75 Å². The number of amidine groups is 1. The number of hydrogen-bond donors (Lipinski definition) is 2. The lowest BCUT2D eigenvalue weighted by Gasteiger charge is -2.26. The van der Waals surface area contributed by atoms with Crippen molar-refractivity contribution in [3.63, 3.8) is 0 Å². The summed E-state index contributed by atoms with van der Waals surface area (Å²) in [6, 6.07) is 6.53. The molecule has 1 aromatic rings. The van der Waals surface area contributed by atoms with Crippen LogP contribution in [0, 0.1) is 0 Å². The molecule has 0 aliphatic carbocycles. The van der Waals surface area contributed by atoms with E-state index in [1.807, 2.05) is 0 Å². The quantitative estimate of drug-likeness (QED) is 0.189. The Kier molecular flexibility index (Phi) is 7.54. The van der Waals surface area contributed by atoms with Crippen LogP contribution >= 0.6 is 0 Å². The van der Waals surface area contributed by atoms with E-state index in [2.05, 4.69) is 15.3 Å². The summed E-state index contributed by atoms with van der Waals surface area (Å²) in [5, 5.41) is 5.97. The molecule has 0 radical (unpaired) electrons. The first-order valence-electron chi connectivity index (χ1n) is 8.61. The fraction of sp³-hybridized carbons (Fsp3) is 0.474. The Balaban J connectivity index is 2.67. The van der Waals surface area contributed by atoms with Gasteiger partial charge in [0.25, 0.3) is 0 Å². The van der Waals surface area contributed by atoms with Gasteiger partial charge in [-0.15, -0.1) is 0 Å². The minimum atomic E-state index is -1.29. The fourth-order valence-electron chi connectivity index (χ4n) is 1.88. The number of esters is 1. The summed E-state index contributed by atoms with van der Waals surface area (Å²) in [6.07, 6.45) is -0.458. The number of nitrogens with two attached hydrogens (primary N) is 1. The number of ether oxygens (including phenoxy) is 2. The lowest BCUT2D eigenvalue weighted by Crippen LogP contribution is -2.52. The van der Waals surface area contributed by atoms with Gasteiger partial charge in [0.2, 0.25) is 0 Å². The summed E-state index contributed by atoms with van der Waals surface area (Å²) in [5.74, 6) is -0.791. The van der Waals surface area contributed by atoms with Gasteiger partial charge in [0.05, 0.1) is 0 Å². The zero-order chi connectivity index (χ0) is 21.5. The van der Waals surface area contributed by atoms with Crippen molar-refractivity contribution in [3.05, 3.63) is 29.8 Å². The Hall–Kier alpha value is -3.10. The van der Waals surface area contributed by atoms with Crippen molar-refractivity contribution in [1.29, 1.82) is 0 Å². The number of nitrogens with one attached hydrogen (secondary N) is 1. The van der Waals surface area contributed by atoms with Crippen LogP contribution in [0.3, 0.4) is 0 Å². The second-order valence-corrected chi connectivity index (χ2v) is 7.63. The van der Waals surface area contributed by atoms with Crippen LogP contribution in [0.5, 0.6) is 5.75 Å². The summed E-state index contributed by atoms with van der Waals surface area (Å²) in [7, 11) is 0. The number of amides is 1. The van der Waals surface area contributed by atoms with E-state index in [1.165, 1.54) is 20.8 Å². The zero-order valence-corrected chi connectivity index (χ0v) is 17.0. The van der Waals surface area contributed by atoms with E-state index in [1.54, 1.807) is 45.0 Å². The van der Waals surface area contributed by atoms with Gasteiger partial charge in [0.15, 0.2) is 0 Å². The summed E-state index contributed by atoms with van der Waals surface area (Å²) in [6.45, 7) is 9.42. The molecule has 0 atom stereocenters. The molecule has 0 heterocycles. The largest absolute Gasteiger partial charge is 0.444 e. The zero-order valence-electron chi connectivity index (χ0n) is 17.0. The maximum absolute atomic E-state index is 12.4. The monoisotopic (exact) mass is 393 g/mol. The van der Waals surface area contributed by atoms with E-state index in [0.29, 0.717) is 5.75 Å². The molecule has 154 valence electrons. The second-order valence-electron chi connectivity index (χ2n) is 7.63. The smallest absolute Gasteiger partial charge is 0.408 e. The summed E-state index contributed by atoms with van der Waals surface area (Å²) in [5.41, 5.74) is 4.46. The highest BCUT2D eigenvalue weighted by molar-refractivity contribution is 5.86. The first-order chi connectivity index (χ1) is 12.8. The molecule has 0 unspecified atom stereocenters. The van der Waals surface area contributed by atoms with Gasteiger partial charge in [-0.25, -0.2) is 14.4 Å². The van der Waals surface area contributed by atoms with Gasteiger partial charge in [-0.2, -0.15) is 0 Å². The first kappa shape index (κ1) is 22.9. The van der Waals surface area contributed by atoms with Crippen molar-refractivity contribution in [2.45, 2.75) is 59.1 Å². The molecule has 0 saturated heterocycles. The van der Waals surface area contributed by atoms with Crippen molar-refractivity contribution in [2.24, 2.45) is 10.9 Å². The molecule has 3 N–H and O–H groups in total. The molecular formula is C19H27N3O6. The molecule has 0 aliphatic heterocycles. The highest BCUT2D eigenvalue weighted by Crippen LogP contribution is 2.17. The molecule has 0 aliphatic rings. The standard InChI is InChI=1S/C19H27N3O6/c1-12(23)28-22-15(20)11-13-7-9-14(10-8-13)26-16(24)19(5,6)21-17(25)27-18(2,3)4/h7-10H,11H2,1-6H3,(H2,20,22)(H,21,25). The predicted molar refractivity (Wildman–Crippen MR) is 103 cm³/mol. The third-order valence-electron chi connectivity index (χ3n) is 3.13. The SMILES string of the molecule is CC(=O)O/N=C(\N)Cc1ccc(OC(=O)C(C)(C)NC(=O)OC(C)(C)C)cc1. The third kappa shape index (κ3) is 8.52. The Morgan fingerprint density at radius 1 is 1.07 bits per heavy atom. The van der Waals surface area contributed by atoms with Crippen LogP contribution in [-0.2, 0) is 25.6 Å². The Labute approximate surface area is 164 Å². The molecule has 0 spiro atoms. The summed E-state index contributed by atoms with van der Waals surface area (Å²) < 4.78 is 10.5. The highest BCUT2D eigenvalue weighted by atomic mass is 16.7. The lowest BCUT2D eigenvalue weighted by molar-refractivity contribution is -0.141. The van der Waals surface area contributed by atoms with Crippen LogP contribution in [0.4, 0.5) is 4.79 Å². The van der Waals surface area contributed by atoms with Gasteiger partial charge in [0.1, 0.15) is 22.7 Å². The van der Waals surface area contributed by atoms with E-state index in [-0.39, 0.29) is 12.3 Å². The van der Waals surface area contributed by atoms with E-state index in [0.717, 1.165) is 5.56 Å². The number of carbonyl (C=O) groups is 3. The molecule has 0 bridgehead atoms. The molecule has 0 aromatic heterocycles. The van der Waals surface area contributed by atoms with E-state index in [9.17, 15) is 14.4 Å². The minimum absolute atomic E-state index is 0.127. The summed E-state index contributed by atoms with van der Waals surface area (Å²) in [4.78, 5) is 39.4. The van der Waals surface area contributed by atoms with Gasteiger partial charge in [-0.1, -0.05) is 17.3 Å². The molecule has 9 nitrogen and oxygen atoms in total. The molecule has 9 heteroatoms. The molecule has 1 amide bonds. The van der Waals surface area contributed by atoms with Gasteiger partial charge in [0, 0.05) is 13.3 Å². The number of rotatable bonds is 6. The van der Waals surface area contributed by atoms with E-state index >= 15 is 0 Å². The van der Waals surface area contributed by atoms with Gasteiger partial charge < -0.3 is 25.4 Å². The van der Waals surface area contributed by atoms with Crippen LogP contribution in [0.15, 0.2) is 29.4 Å². The third-order valence-corrected chi connectivity index (χ3v) is 3.13. The maximum atomic E-state index is 12.4. The van der Waals surface area contributed by atoms with Crippen LogP contribution in [0.2, 0.25) is 0 Å². The number of oxime groups is 1. The van der Waals surface area contributed by atoms with Crippen LogP contribution in [0.25, 0.3) is 0 Å². The highest BCUT2D eigenvalue weighted by Gasteiger charge is 2.33. The number of nitrogens with zero attached hydrogens (tertiary/aromatic N) is 1. The van der Waals surface area contributed by atoms with Gasteiger partial charge in [-0.05, 0) is 52.3 Å². The molecule has 0 fully saturated rings. The van der Waals surface area contributed by atoms with Crippen LogP contribution < -0.4 is 15.8 Å². The Morgan fingerprint density at radius 2 is 1.64 bits per heavy atom. The van der Waals surface area contributed by atoms with Crippen molar-refractivity contribution in [1.82, 2.24) is 5.32 Å². The van der Waals surface area contributed by atoms with Crippen molar-refractivity contribution >= 4 is 23.9 Å². The number of hydrogen-bond acceptors (Lipinski definition) is 7. The number of benzene rings is 1. The van der Waals surface area contributed by atoms with Gasteiger partial charge >= 0.3 is 18.0 Å². The van der Waals surface area contributed by atoms with Crippen molar-refractivity contribution in [2.75, 3.05) is 0 Å². The average Bonchev–Trinajstić information content (AvgIpc) is 2.52. The molecule has 1 rings (SSSR count). The fourth-order valence-corrected chi connectivity index (χ4v) is 1.88. The first-order valence-corrected chi connectivity index (χ1v) is 8.61. The topological polar surface area (TPSA) is 129 Å². The average molecular weight is 393 g/mol. The summed E-state index contributed by atoms with van der Waals surface area (Å²) >= 11 is 0. The number of carbonyl (C=O) groups excluding carboxylic acids is 3. The van der Waals surface area contributed by atoms with Gasteiger partial charge in [-0.3, -0.25) is 0 Å². The Bertz CT molecular complexity index is 748. The van der Waals surface area contributed by atoms with E-state index in [4.69, 9.17) is 15.2 Å². The normalized spacial score (nSPS) is 12.1. The molecule has 28 heavy (non-hydrogen) atoms. The molecule has 1 aromatic carbocycles. The predicted octanol–water partition coefficient (Wildman–Crippen LogP) is 2.27. The minimum Gasteiger partial charge on any atom is -0.444 e. The Morgan fingerprint density at radius 3 is 2.14 bits per heavy atom.